The normalized spacial score (nSPS) is 10.7. The van der Waals surface area contributed by atoms with Crippen LogP contribution in [0.3, 0.4) is 0 Å². The molecule has 2 aromatic rings. The van der Waals surface area contributed by atoms with Gasteiger partial charge in [0, 0.05) is 11.8 Å². The minimum absolute atomic E-state index is 0.287. The summed E-state index contributed by atoms with van der Waals surface area (Å²) in [5.74, 6) is 1.34. The number of hydrogen-bond acceptors (Lipinski definition) is 4. The van der Waals surface area contributed by atoms with Crippen molar-refractivity contribution in [3.63, 3.8) is 0 Å². The molecule has 4 nitrogen and oxygen atoms in total. The van der Waals surface area contributed by atoms with Crippen molar-refractivity contribution in [3.8, 4) is 17.4 Å². The smallest absolute Gasteiger partial charge is 0.213 e. The largest absolute Gasteiger partial charge is 0.481 e. The molecule has 0 aliphatic rings. The van der Waals surface area contributed by atoms with Crippen molar-refractivity contribution in [2.24, 2.45) is 0 Å². The van der Waals surface area contributed by atoms with Gasteiger partial charge in [0.2, 0.25) is 5.88 Å². The lowest BCUT2D eigenvalue weighted by molar-refractivity contribution is 0.398. The molecule has 5 heteroatoms. The molecular formula is C13H14ClN3O. The van der Waals surface area contributed by atoms with Crippen LogP contribution in [0, 0.1) is 0 Å². The molecule has 2 heterocycles. The van der Waals surface area contributed by atoms with Crippen molar-refractivity contribution in [3.05, 3.63) is 35.1 Å². The summed E-state index contributed by atoms with van der Waals surface area (Å²) in [5.41, 5.74) is 1.55. The van der Waals surface area contributed by atoms with Gasteiger partial charge in [-0.05, 0) is 18.1 Å². The number of hydrogen-bond donors (Lipinski definition) is 0. The molecule has 94 valence electrons. The Morgan fingerprint density at radius 3 is 2.61 bits per heavy atom. The summed E-state index contributed by atoms with van der Waals surface area (Å²) < 4.78 is 5.08. The van der Waals surface area contributed by atoms with Crippen LogP contribution in [0.2, 0.25) is 5.15 Å². The molecule has 0 aliphatic heterocycles. The van der Waals surface area contributed by atoms with E-state index < -0.39 is 0 Å². The van der Waals surface area contributed by atoms with E-state index in [1.54, 1.807) is 19.2 Å². The van der Waals surface area contributed by atoms with Gasteiger partial charge in [0.25, 0.3) is 0 Å². The Balaban J connectivity index is 2.49. The number of pyridine rings is 1. The van der Waals surface area contributed by atoms with Gasteiger partial charge in [-0.15, -0.1) is 0 Å². The lowest BCUT2D eigenvalue weighted by Gasteiger charge is -2.08. The lowest BCUT2D eigenvalue weighted by atomic mass is 10.1. The molecule has 2 aromatic heterocycles. The quantitative estimate of drug-likeness (QED) is 0.797. The van der Waals surface area contributed by atoms with E-state index in [-0.39, 0.29) is 5.92 Å². The summed E-state index contributed by atoms with van der Waals surface area (Å²) in [5, 5.41) is 0.424. The predicted molar refractivity (Wildman–Crippen MR) is 70.9 cm³/mol. The topological polar surface area (TPSA) is 47.9 Å². The Kier molecular flexibility index (Phi) is 3.77. The summed E-state index contributed by atoms with van der Waals surface area (Å²) in [4.78, 5) is 13.0. The van der Waals surface area contributed by atoms with Crippen LogP contribution in [-0.4, -0.2) is 22.1 Å². The number of aromatic nitrogens is 3. The Morgan fingerprint density at radius 1 is 1.17 bits per heavy atom. The zero-order valence-electron chi connectivity index (χ0n) is 10.5. The summed E-state index contributed by atoms with van der Waals surface area (Å²) in [6, 6.07) is 7.23. The molecule has 0 aliphatic carbocycles. The summed E-state index contributed by atoms with van der Waals surface area (Å²) in [6.45, 7) is 4.11. The van der Waals surface area contributed by atoms with Crippen LogP contribution in [-0.2, 0) is 0 Å². The van der Waals surface area contributed by atoms with Gasteiger partial charge in [0.05, 0.1) is 7.11 Å². The molecule has 0 saturated carbocycles. The molecular weight excluding hydrogens is 250 g/mol. The third-order valence-electron chi connectivity index (χ3n) is 2.47. The highest BCUT2D eigenvalue weighted by Gasteiger charge is 2.10. The second-order valence-corrected chi connectivity index (χ2v) is 4.55. The number of nitrogens with zero attached hydrogens (tertiary/aromatic N) is 3. The van der Waals surface area contributed by atoms with E-state index in [9.17, 15) is 0 Å². The van der Waals surface area contributed by atoms with E-state index >= 15 is 0 Å². The summed E-state index contributed by atoms with van der Waals surface area (Å²) in [7, 11) is 1.57. The molecule has 0 radical (unpaired) electrons. The highest BCUT2D eigenvalue weighted by molar-refractivity contribution is 6.29. The highest BCUT2D eigenvalue weighted by atomic mass is 35.5. The summed E-state index contributed by atoms with van der Waals surface area (Å²) >= 11 is 6.01. The van der Waals surface area contributed by atoms with Crippen molar-refractivity contribution in [2.45, 2.75) is 19.8 Å². The van der Waals surface area contributed by atoms with Gasteiger partial charge in [-0.3, -0.25) is 0 Å². The van der Waals surface area contributed by atoms with E-state index in [2.05, 4.69) is 28.8 Å². The van der Waals surface area contributed by atoms with Gasteiger partial charge >= 0.3 is 0 Å². The third-order valence-corrected chi connectivity index (χ3v) is 2.66. The fraction of sp³-hybridized carbons (Fsp3) is 0.308. The first-order valence-corrected chi connectivity index (χ1v) is 6.04. The number of ether oxygens (including phenoxy) is 1. The molecule has 2 rings (SSSR count). The van der Waals surface area contributed by atoms with Crippen molar-refractivity contribution in [2.75, 3.05) is 7.11 Å². The fourth-order valence-electron chi connectivity index (χ4n) is 1.50. The van der Waals surface area contributed by atoms with Crippen LogP contribution in [0.15, 0.2) is 24.3 Å². The zero-order valence-corrected chi connectivity index (χ0v) is 11.3. The Bertz CT molecular complexity index is 558. The SMILES string of the molecule is COc1cccc(-c2nc(Cl)cc(C(C)C)n2)n1. The van der Waals surface area contributed by atoms with Crippen molar-refractivity contribution in [1.29, 1.82) is 0 Å². The van der Waals surface area contributed by atoms with Crippen LogP contribution in [0.1, 0.15) is 25.5 Å². The van der Waals surface area contributed by atoms with Crippen molar-refractivity contribution in [1.82, 2.24) is 15.0 Å². The Hall–Kier alpha value is -1.68. The maximum atomic E-state index is 6.01. The standard InChI is InChI=1S/C13H14ClN3O/c1-8(2)10-7-11(14)17-13(16-10)9-5-4-6-12(15-9)18-3/h4-8H,1-3H3. The molecule has 0 N–H and O–H groups in total. The minimum atomic E-state index is 0.287. The van der Waals surface area contributed by atoms with Crippen molar-refractivity contribution < 1.29 is 4.74 Å². The third kappa shape index (κ3) is 2.76. The molecule has 0 aromatic carbocycles. The predicted octanol–water partition coefficient (Wildman–Crippen LogP) is 3.32. The first kappa shape index (κ1) is 12.8. The van der Waals surface area contributed by atoms with Gasteiger partial charge in [0.1, 0.15) is 10.8 Å². The molecule has 0 fully saturated rings. The maximum absolute atomic E-state index is 6.01. The molecule has 0 spiro atoms. The van der Waals surface area contributed by atoms with E-state index in [0.717, 1.165) is 5.69 Å². The molecule has 0 amide bonds. The summed E-state index contributed by atoms with van der Waals surface area (Å²) in [6.07, 6.45) is 0. The van der Waals surface area contributed by atoms with E-state index in [4.69, 9.17) is 16.3 Å². The monoisotopic (exact) mass is 263 g/mol. The van der Waals surface area contributed by atoms with Crippen LogP contribution in [0.4, 0.5) is 0 Å². The van der Waals surface area contributed by atoms with Gasteiger partial charge in [-0.2, -0.15) is 0 Å². The zero-order chi connectivity index (χ0) is 13.1. The number of halogens is 1. The van der Waals surface area contributed by atoms with Crippen LogP contribution < -0.4 is 4.74 Å². The van der Waals surface area contributed by atoms with Crippen LogP contribution in [0.5, 0.6) is 5.88 Å². The molecule has 0 atom stereocenters. The number of methoxy groups -OCH3 is 1. The highest BCUT2D eigenvalue weighted by Crippen LogP contribution is 2.21. The average molecular weight is 264 g/mol. The molecule has 0 saturated heterocycles. The van der Waals surface area contributed by atoms with E-state index in [0.29, 0.717) is 22.6 Å². The Labute approximate surface area is 111 Å². The van der Waals surface area contributed by atoms with Crippen LogP contribution >= 0.6 is 11.6 Å². The average Bonchev–Trinajstić information content (AvgIpc) is 2.38. The number of rotatable bonds is 3. The molecule has 0 bridgehead atoms. The first-order valence-electron chi connectivity index (χ1n) is 5.66. The molecule has 0 unspecified atom stereocenters. The van der Waals surface area contributed by atoms with Crippen molar-refractivity contribution >= 4 is 11.6 Å². The first-order chi connectivity index (χ1) is 8.60. The Morgan fingerprint density at radius 2 is 1.94 bits per heavy atom. The fourth-order valence-corrected chi connectivity index (χ4v) is 1.69. The second kappa shape index (κ2) is 5.31. The molecule has 18 heavy (non-hydrogen) atoms. The van der Waals surface area contributed by atoms with Crippen LogP contribution in [0.25, 0.3) is 11.5 Å². The van der Waals surface area contributed by atoms with E-state index in [1.807, 2.05) is 12.1 Å². The van der Waals surface area contributed by atoms with Gasteiger partial charge < -0.3 is 4.74 Å². The second-order valence-electron chi connectivity index (χ2n) is 4.16. The van der Waals surface area contributed by atoms with E-state index in [1.165, 1.54) is 0 Å². The maximum Gasteiger partial charge on any atom is 0.213 e. The van der Waals surface area contributed by atoms with Gasteiger partial charge in [-0.25, -0.2) is 15.0 Å². The van der Waals surface area contributed by atoms with Gasteiger partial charge in [0.15, 0.2) is 5.82 Å². The minimum Gasteiger partial charge on any atom is -0.481 e. The van der Waals surface area contributed by atoms with Gasteiger partial charge in [-0.1, -0.05) is 31.5 Å². The lowest BCUT2D eigenvalue weighted by Crippen LogP contribution is -1.99.